The molecule has 0 bridgehead atoms. The highest BCUT2D eigenvalue weighted by atomic mass is 15.2. The van der Waals surface area contributed by atoms with Crippen molar-refractivity contribution >= 4 is 17.2 Å². The van der Waals surface area contributed by atoms with Crippen molar-refractivity contribution in [1.29, 1.82) is 0 Å². The van der Waals surface area contributed by atoms with E-state index in [9.17, 15) is 0 Å². The van der Waals surface area contributed by atoms with Crippen LogP contribution in [0.25, 0.3) is 0 Å². The van der Waals surface area contributed by atoms with E-state index in [1.54, 1.807) is 0 Å². The number of nitrogens with zero attached hydrogens (tertiary/aromatic N) is 3. The van der Waals surface area contributed by atoms with Gasteiger partial charge in [0.15, 0.2) is 0 Å². The van der Waals surface area contributed by atoms with Crippen LogP contribution in [0.15, 0.2) is 71.9 Å². The molecule has 0 amide bonds. The maximum absolute atomic E-state index is 4.98. The van der Waals surface area contributed by atoms with E-state index in [2.05, 4.69) is 72.3 Å². The molecule has 2 heterocycles. The molecule has 4 rings (SSSR count). The second-order valence-corrected chi connectivity index (χ2v) is 7.24. The van der Waals surface area contributed by atoms with Crippen LogP contribution in [-0.2, 0) is 6.54 Å². The summed E-state index contributed by atoms with van der Waals surface area (Å²) in [5.74, 6) is 1.54. The fourth-order valence-corrected chi connectivity index (χ4v) is 3.43. The molecule has 0 N–H and O–H groups in total. The van der Waals surface area contributed by atoms with E-state index in [0.717, 1.165) is 41.4 Å². The summed E-state index contributed by atoms with van der Waals surface area (Å²) in [6.45, 7) is 7.32. The fourth-order valence-electron chi connectivity index (χ4n) is 3.43. The fraction of sp³-hybridized carbons (Fsp3) is 0.250. The number of hydrogen-bond acceptors (Lipinski definition) is 3. The van der Waals surface area contributed by atoms with Crippen LogP contribution in [0.2, 0.25) is 0 Å². The van der Waals surface area contributed by atoms with Crippen LogP contribution >= 0.6 is 0 Å². The van der Waals surface area contributed by atoms with Gasteiger partial charge in [-0.3, -0.25) is 4.98 Å². The largest absolute Gasteiger partial charge is 0.321 e. The molecule has 0 fully saturated rings. The molecule has 0 saturated carbocycles. The van der Waals surface area contributed by atoms with E-state index in [-0.39, 0.29) is 0 Å². The van der Waals surface area contributed by atoms with Crippen LogP contribution in [0.5, 0.6) is 0 Å². The Bertz CT molecular complexity index is 956. The van der Waals surface area contributed by atoms with E-state index < -0.39 is 0 Å². The maximum Gasteiger partial charge on any atom is 0.142 e. The van der Waals surface area contributed by atoms with Gasteiger partial charge in [-0.05, 0) is 60.7 Å². The number of pyridine rings is 1. The first-order chi connectivity index (χ1) is 13.2. The van der Waals surface area contributed by atoms with Crippen LogP contribution in [-0.4, -0.2) is 10.8 Å². The average Bonchev–Trinajstić information content (AvgIpc) is 2.73. The second kappa shape index (κ2) is 7.36. The van der Waals surface area contributed by atoms with Crippen molar-refractivity contribution < 1.29 is 0 Å². The Hall–Kier alpha value is -2.94. The van der Waals surface area contributed by atoms with E-state index in [4.69, 9.17) is 4.99 Å². The van der Waals surface area contributed by atoms with Gasteiger partial charge in [-0.1, -0.05) is 44.2 Å². The van der Waals surface area contributed by atoms with Gasteiger partial charge in [0.05, 0.1) is 12.2 Å². The first-order valence-electron chi connectivity index (χ1n) is 9.63. The number of amidine groups is 1. The highest BCUT2D eigenvalue weighted by molar-refractivity contribution is 6.11. The Kier molecular flexibility index (Phi) is 4.76. The molecule has 1 atom stereocenters. The molecule has 1 unspecified atom stereocenters. The van der Waals surface area contributed by atoms with Crippen molar-refractivity contribution in [2.75, 3.05) is 4.90 Å². The van der Waals surface area contributed by atoms with E-state index in [0.29, 0.717) is 5.92 Å². The third kappa shape index (κ3) is 3.50. The Morgan fingerprint density at radius 3 is 2.48 bits per heavy atom. The smallest absolute Gasteiger partial charge is 0.142 e. The molecule has 2 aromatic carbocycles. The van der Waals surface area contributed by atoms with E-state index in [1.807, 2.05) is 25.3 Å². The molecule has 27 heavy (non-hydrogen) atoms. The summed E-state index contributed by atoms with van der Waals surface area (Å²) in [5, 5.41) is 0. The number of aromatic nitrogens is 1. The molecule has 3 nitrogen and oxygen atoms in total. The number of para-hydroxylation sites is 1. The highest BCUT2D eigenvalue weighted by Crippen LogP contribution is 2.32. The lowest BCUT2D eigenvalue weighted by Crippen LogP contribution is -2.33. The standard InChI is InChI=1S/C24H25N3/c1-4-17(2)19-11-13-22(14-12-19)27-16-21-7-5-6-8-23(21)26-24(27)20-10-9-18(3)25-15-20/h5-15,17H,4,16H2,1-3H3. The molecule has 0 radical (unpaired) electrons. The first kappa shape index (κ1) is 17.5. The number of rotatable bonds is 4. The zero-order valence-corrected chi connectivity index (χ0v) is 16.2. The molecule has 3 aromatic rings. The summed E-state index contributed by atoms with van der Waals surface area (Å²) in [6.07, 6.45) is 3.07. The van der Waals surface area contributed by atoms with Crippen molar-refractivity contribution in [3.63, 3.8) is 0 Å². The summed E-state index contributed by atoms with van der Waals surface area (Å²) in [6, 6.07) is 21.4. The Morgan fingerprint density at radius 2 is 1.78 bits per heavy atom. The van der Waals surface area contributed by atoms with Crippen molar-refractivity contribution in [3.05, 3.63) is 89.2 Å². The minimum atomic E-state index is 0.579. The van der Waals surface area contributed by atoms with Crippen molar-refractivity contribution in [2.45, 2.75) is 39.7 Å². The molecule has 0 aliphatic carbocycles. The van der Waals surface area contributed by atoms with Crippen LogP contribution in [0.4, 0.5) is 11.4 Å². The maximum atomic E-state index is 4.98. The Morgan fingerprint density at radius 1 is 1.00 bits per heavy atom. The third-order valence-electron chi connectivity index (χ3n) is 5.36. The van der Waals surface area contributed by atoms with Gasteiger partial charge in [-0.2, -0.15) is 0 Å². The van der Waals surface area contributed by atoms with Gasteiger partial charge in [0, 0.05) is 23.1 Å². The summed E-state index contributed by atoms with van der Waals surface area (Å²) in [7, 11) is 0. The van der Waals surface area contributed by atoms with Gasteiger partial charge in [0.2, 0.25) is 0 Å². The van der Waals surface area contributed by atoms with Crippen molar-refractivity contribution in [1.82, 2.24) is 4.98 Å². The number of benzene rings is 2. The normalized spacial score (nSPS) is 14.5. The number of aryl methyl sites for hydroxylation is 1. The van der Waals surface area contributed by atoms with Crippen LogP contribution < -0.4 is 4.90 Å². The Balaban J connectivity index is 1.77. The quantitative estimate of drug-likeness (QED) is 0.574. The predicted octanol–water partition coefficient (Wildman–Crippen LogP) is 6.00. The average molecular weight is 355 g/mol. The minimum absolute atomic E-state index is 0.579. The SMILES string of the molecule is CCC(C)c1ccc(N2Cc3ccccc3N=C2c2ccc(C)nc2)cc1. The zero-order chi connectivity index (χ0) is 18.8. The summed E-state index contributed by atoms with van der Waals surface area (Å²) < 4.78 is 0. The van der Waals surface area contributed by atoms with E-state index in [1.165, 1.54) is 11.1 Å². The summed E-state index contributed by atoms with van der Waals surface area (Å²) in [4.78, 5) is 11.7. The van der Waals surface area contributed by atoms with Gasteiger partial charge in [-0.25, -0.2) is 4.99 Å². The summed E-state index contributed by atoms with van der Waals surface area (Å²) in [5.41, 5.74) is 6.89. The first-order valence-corrected chi connectivity index (χ1v) is 9.63. The number of aliphatic imine (C=N–C) groups is 1. The van der Waals surface area contributed by atoms with Crippen molar-refractivity contribution in [2.24, 2.45) is 4.99 Å². The van der Waals surface area contributed by atoms with Gasteiger partial charge in [0.25, 0.3) is 0 Å². The lowest BCUT2D eigenvalue weighted by molar-refractivity contribution is 0.733. The van der Waals surface area contributed by atoms with E-state index >= 15 is 0 Å². The zero-order valence-electron chi connectivity index (χ0n) is 16.2. The number of fused-ring (bicyclic) bond motifs is 1. The van der Waals surface area contributed by atoms with Gasteiger partial charge < -0.3 is 4.90 Å². The topological polar surface area (TPSA) is 28.5 Å². The molecule has 3 heteroatoms. The molecule has 1 aliphatic rings. The second-order valence-electron chi connectivity index (χ2n) is 7.24. The highest BCUT2D eigenvalue weighted by Gasteiger charge is 2.22. The lowest BCUT2D eigenvalue weighted by Gasteiger charge is -2.31. The third-order valence-corrected chi connectivity index (χ3v) is 5.36. The molecular weight excluding hydrogens is 330 g/mol. The lowest BCUT2D eigenvalue weighted by atomic mass is 9.98. The van der Waals surface area contributed by atoms with Gasteiger partial charge >= 0.3 is 0 Å². The number of hydrogen-bond donors (Lipinski definition) is 0. The van der Waals surface area contributed by atoms with Gasteiger partial charge in [0.1, 0.15) is 5.84 Å². The minimum Gasteiger partial charge on any atom is -0.321 e. The molecular formula is C24H25N3. The summed E-state index contributed by atoms with van der Waals surface area (Å²) >= 11 is 0. The van der Waals surface area contributed by atoms with Crippen LogP contribution in [0.3, 0.4) is 0 Å². The molecule has 0 spiro atoms. The monoisotopic (exact) mass is 355 g/mol. The molecule has 1 aliphatic heterocycles. The van der Waals surface area contributed by atoms with Crippen molar-refractivity contribution in [3.8, 4) is 0 Å². The van der Waals surface area contributed by atoms with Gasteiger partial charge in [-0.15, -0.1) is 0 Å². The Labute approximate surface area is 161 Å². The molecule has 136 valence electrons. The predicted molar refractivity (Wildman–Crippen MR) is 113 cm³/mol. The molecule has 1 aromatic heterocycles. The number of anilines is 1. The molecule has 0 saturated heterocycles. The van der Waals surface area contributed by atoms with Crippen LogP contribution in [0, 0.1) is 6.92 Å². The van der Waals surface area contributed by atoms with Crippen LogP contribution in [0.1, 0.15) is 48.6 Å².